The van der Waals surface area contributed by atoms with E-state index in [-0.39, 0.29) is 0 Å². The maximum atomic E-state index is 9.57. The van der Waals surface area contributed by atoms with Crippen molar-refractivity contribution >= 4 is 0 Å². The molecule has 0 aromatic heterocycles. The van der Waals surface area contributed by atoms with Crippen molar-refractivity contribution in [3.05, 3.63) is 42.0 Å². The van der Waals surface area contributed by atoms with Gasteiger partial charge in [0.25, 0.3) is 0 Å². The second-order valence-corrected chi connectivity index (χ2v) is 4.96. The predicted molar refractivity (Wildman–Crippen MR) is 78.6 cm³/mol. The molecule has 106 valence electrons. The Morgan fingerprint density at radius 1 is 1.00 bits per heavy atom. The zero-order valence-electron chi connectivity index (χ0n) is 12.1. The van der Waals surface area contributed by atoms with Gasteiger partial charge in [-0.15, -0.1) is 0 Å². The minimum Gasteiger partial charge on any atom is -0.496 e. The van der Waals surface area contributed by atoms with Gasteiger partial charge in [0.1, 0.15) is 23.3 Å². The Morgan fingerprint density at radius 3 is 2.24 bits per heavy atom. The molecule has 0 aliphatic carbocycles. The molecule has 0 radical (unpaired) electrons. The van der Waals surface area contributed by atoms with Crippen LogP contribution in [0.2, 0.25) is 0 Å². The standard InChI is InChI=1S/C17H15NO3/c1-17(10-18)11-6-4-7-12(19-2)15(11)16-13(20-3)8-5-9-14(16)21-17/h4-9H,1-3H3. The molecular weight excluding hydrogens is 266 g/mol. The van der Waals surface area contributed by atoms with Gasteiger partial charge in [0.15, 0.2) is 0 Å². The Morgan fingerprint density at radius 2 is 1.62 bits per heavy atom. The first-order chi connectivity index (χ1) is 10.1. The van der Waals surface area contributed by atoms with Gasteiger partial charge in [-0.25, -0.2) is 0 Å². The number of benzene rings is 2. The van der Waals surface area contributed by atoms with Crippen LogP contribution in [0.1, 0.15) is 12.5 Å². The summed E-state index contributed by atoms with van der Waals surface area (Å²) in [5.41, 5.74) is 1.40. The first-order valence-corrected chi connectivity index (χ1v) is 6.59. The lowest BCUT2D eigenvalue weighted by atomic mass is 9.85. The molecule has 4 nitrogen and oxygen atoms in total. The quantitative estimate of drug-likeness (QED) is 0.845. The van der Waals surface area contributed by atoms with Crippen molar-refractivity contribution in [2.24, 2.45) is 0 Å². The van der Waals surface area contributed by atoms with Gasteiger partial charge in [-0.3, -0.25) is 0 Å². The zero-order chi connectivity index (χ0) is 15.0. The number of nitrogens with zero attached hydrogens (tertiary/aromatic N) is 1. The number of methoxy groups -OCH3 is 2. The molecule has 1 unspecified atom stereocenters. The monoisotopic (exact) mass is 281 g/mol. The molecule has 1 aliphatic heterocycles. The van der Waals surface area contributed by atoms with Gasteiger partial charge in [-0.1, -0.05) is 18.2 Å². The molecular formula is C17H15NO3. The summed E-state index contributed by atoms with van der Waals surface area (Å²) in [5.74, 6) is 2.01. The number of hydrogen-bond acceptors (Lipinski definition) is 4. The van der Waals surface area contributed by atoms with Crippen LogP contribution in [0.4, 0.5) is 0 Å². The van der Waals surface area contributed by atoms with E-state index in [2.05, 4.69) is 6.07 Å². The van der Waals surface area contributed by atoms with Gasteiger partial charge in [-0.05, 0) is 25.1 Å². The Hall–Kier alpha value is -2.67. The Kier molecular flexibility index (Phi) is 2.99. The van der Waals surface area contributed by atoms with E-state index in [9.17, 15) is 5.26 Å². The number of ether oxygens (including phenoxy) is 3. The fraction of sp³-hybridized carbons (Fsp3) is 0.235. The van der Waals surface area contributed by atoms with Crippen molar-refractivity contribution in [1.82, 2.24) is 0 Å². The third kappa shape index (κ3) is 1.82. The lowest BCUT2D eigenvalue weighted by molar-refractivity contribution is 0.145. The van der Waals surface area contributed by atoms with E-state index in [1.54, 1.807) is 21.1 Å². The summed E-state index contributed by atoms with van der Waals surface area (Å²) in [6.07, 6.45) is 0. The van der Waals surface area contributed by atoms with Crippen LogP contribution in [-0.2, 0) is 5.60 Å². The largest absolute Gasteiger partial charge is 0.496 e. The van der Waals surface area contributed by atoms with Crippen LogP contribution >= 0.6 is 0 Å². The number of nitriles is 1. The van der Waals surface area contributed by atoms with Gasteiger partial charge in [0.2, 0.25) is 5.60 Å². The number of fused-ring (bicyclic) bond motifs is 3. The summed E-state index contributed by atoms with van der Waals surface area (Å²) in [5, 5.41) is 9.57. The molecule has 0 bridgehead atoms. The summed E-state index contributed by atoms with van der Waals surface area (Å²) >= 11 is 0. The molecule has 0 fully saturated rings. The Balaban J connectivity index is 2.42. The molecule has 0 amide bonds. The average molecular weight is 281 g/mol. The van der Waals surface area contributed by atoms with Crippen molar-refractivity contribution in [3.8, 4) is 34.4 Å². The second-order valence-electron chi connectivity index (χ2n) is 4.96. The van der Waals surface area contributed by atoms with E-state index < -0.39 is 5.60 Å². The third-order valence-electron chi connectivity index (χ3n) is 3.75. The smallest absolute Gasteiger partial charge is 0.217 e. The predicted octanol–water partition coefficient (Wildman–Crippen LogP) is 3.50. The molecule has 2 aromatic carbocycles. The minimum absolute atomic E-state index is 0.621. The van der Waals surface area contributed by atoms with E-state index in [1.165, 1.54) is 0 Å². The molecule has 21 heavy (non-hydrogen) atoms. The maximum Gasteiger partial charge on any atom is 0.217 e. The minimum atomic E-state index is -1.05. The molecule has 0 spiro atoms. The zero-order valence-corrected chi connectivity index (χ0v) is 12.1. The molecule has 1 atom stereocenters. The average Bonchev–Trinajstić information content (AvgIpc) is 2.53. The first kappa shape index (κ1) is 13.3. The Bertz CT molecular complexity index is 748. The lowest BCUT2D eigenvalue weighted by Gasteiger charge is -2.33. The second kappa shape index (κ2) is 4.71. The lowest BCUT2D eigenvalue weighted by Crippen LogP contribution is -2.31. The molecule has 0 saturated heterocycles. The van der Waals surface area contributed by atoms with Crippen molar-refractivity contribution in [1.29, 1.82) is 5.26 Å². The normalized spacial score (nSPS) is 18.8. The first-order valence-electron chi connectivity index (χ1n) is 6.59. The van der Waals surface area contributed by atoms with Crippen molar-refractivity contribution < 1.29 is 14.2 Å². The van der Waals surface area contributed by atoms with Crippen LogP contribution in [0.25, 0.3) is 11.1 Å². The van der Waals surface area contributed by atoms with Crippen LogP contribution in [-0.4, -0.2) is 14.2 Å². The van der Waals surface area contributed by atoms with E-state index in [4.69, 9.17) is 14.2 Å². The summed E-state index contributed by atoms with van der Waals surface area (Å²) in [6, 6.07) is 13.4. The molecule has 2 aromatic rings. The molecule has 0 saturated carbocycles. The van der Waals surface area contributed by atoms with Gasteiger partial charge in [-0.2, -0.15) is 5.26 Å². The molecule has 0 N–H and O–H groups in total. The highest BCUT2D eigenvalue weighted by Gasteiger charge is 2.39. The van der Waals surface area contributed by atoms with Crippen LogP contribution < -0.4 is 14.2 Å². The molecule has 3 rings (SSSR count). The van der Waals surface area contributed by atoms with Crippen molar-refractivity contribution in [3.63, 3.8) is 0 Å². The molecule has 1 aliphatic rings. The van der Waals surface area contributed by atoms with Gasteiger partial charge in [0, 0.05) is 11.1 Å². The fourth-order valence-corrected chi connectivity index (χ4v) is 2.73. The summed E-state index contributed by atoms with van der Waals surface area (Å²) in [6.45, 7) is 1.76. The highest BCUT2D eigenvalue weighted by Crippen LogP contribution is 2.52. The summed E-state index contributed by atoms with van der Waals surface area (Å²) in [7, 11) is 3.23. The van der Waals surface area contributed by atoms with Gasteiger partial charge in [0.05, 0.1) is 19.8 Å². The van der Waals surface area contributed by atoms with Gasteiger partial charge >= 0.3 is 0 Å². The van der Waals surface area contributed by atoms with Crippen molar-refractivity contribution in [2.75, 3.05) is 14.2 Å². The van der Waals surface area contributed by atoms with E-state index in [0.29, 0.717) is 17.2 Å². The number of rotatable bonds is 2. The van der Waals surface area contributed by atoms with Crippen LogP contribution in [0.3, 0.4) is 0 Å². The van der Waals surface area contributed by atoms with Crippen LogP contribution in [0, 0.1) is 11.3 Å². The summed E-state index contributed by atoms with van der Waals surface area (Å²) in [4.78, 5) is 0. The highest BCUT2D eigenvalue weighted by atomic mass is 16.5. The SMILES string of the molecule is COc1cccc2c1-c1c(OC)cccc1C(C)(C#N)O2. The Labute approximate surface area is 123 Å². The van der Waals surface area contributed by atoms with E-state index in [0.717, 1.165) is 16.7 Å². The van der Waals surface area contributed by atoms with E-state index >= 15 is 0 Å². The topological polar surface area (TPSA) is 51.5 Å². The van der Waals surface area contributed by atoms with E-state index in [1.807, 2.05) is 36.4 Å². The molecule has 4 heteroatoms. The van der Waals surface area contributed by atoms with Crippen LogP contribution in [0.15, 0.2) is 36.4 Å². The van der Waals surface area contributed by atoms with Gasteiger partial charge < -0.3 is 14.2 Å². The highest BCUT2D eigenvalue weighted by molar-refractivity contribution is 5.86. The molecule has 1 heterocycles. The summed E-state index contributed by atoms with van der Waals surface area (Å²) < 4.78 is 16.9. The number of hydrogen-bond donors (Lipinski definition) is 0. The van der Waals surface area contributed by atoms with Crippen LogP contribution in [0.5, 0.6) is 17.2 Å². The van der Waals surface area contributed by atoms with Crippen molar-refractivity contribution in [2.45, 2.75) is 12.5 Å². The fourth-order valence-electron chi connectivity index (χ4n) is 2.73. The maximum absolute atomic E-state index is 9.57. The third-order valence-corrected chi connectivity index (χ3v) is 3.75.